The van der Waals surface area contributed by atoms with Gasteiger partial charge in [0.25, 0.3) is 0 Å². The van der Waals surface area contributed by atoms with Crippen LogP contribution in [0.3, 0.4) is 0 Å². The third-order valence-electron chi connectivity index (χ3n) is 4.60. The molecule has 9 heteroatoms. The second-order valence-corrected chi connectivity index (χ2v) is 6.59. The van der Waals surface area contributed by atoms with E-state index in [4.69, 9.17) is 4.42 Å². The highest BCUT2D eigenvalue weighted by Crippen LogP contribution is 2.39. The molecule has 2 aromatic rings. The zero-order valence-corrected chi connectivity index (χ0v) is 13.0. The molecule has 0 bridgehead atoms. The molecule has 0 radical (unpaired) electrons. The molecule has 1 saturated heterocycles. The van der Waals surface area contributed by atoms with Crippen LogP contribution < -0.4 is 0 Å². The molecule has 4 rings (SSSR count). The zero-order chi connectivity index (χ0) is 16.7. The van der Waals surface area contributed by atoms with Crippen LogP contribution in [0.5, 0.6) is 0 Å². The Labute approximate surface area is 136 Å². The molecule has 2 fully saturated rings. The topological polar surface area (TPSA) is 70.8 Å². The molecule has 24 heavy (non-hydrogen) atoms. The van der Waals surface area contributed by atoms with Crippen LogP contribution in [-0.4, -0.2) is 38.4 Å². The highest BCUT2D eigenvalue weighted by Gasteiger charge is 2.35. The first-order chi connectivity index (χ1) is 11.5. The van der Waals surface area contributed by atoms with E-state index in [-0.39, 0.29) is 5.92 Å². The van der Waals surface area contributed by atoms with E-state index < -0.39 is 11.9 Å². The van der Waals surface area contributed by atoms with Crippen molar-refractivity contribution in [3.8, 4) is 0 Å². The molecule has 2 aromatic heterocycles. The second kappa shape index (κ2) is 5.87. The fourth-order valence-electron chi connectivity index (χ4n) is 3.16. The number of likely N-dealkylation sites (tertiary alicyclic amines) is 1. The van der Waals surface area contributed by atoms with Crippen LogP contribution in [-0.2, 0) is 12.7 Å². The maximum absolute atomic E-state index is 12.7. The number of hydrogen-bond donors (Lipinski definition) is 1. The Bertz CT molecular complexity index is 706. The number of alkyl halides is 3. The number of hydrogen-bond acceptors (Lipinski definition) is 5. The van der Waals surface area contributed by atoms with Crippen molar-refractivity contribution in [3.63, 3.8) is 0 Å². The molecule has 0 spiro atoms. The number of aromatic nitrogens is 4. The van der Waals surface area contributed by atoms with Gasteiger partial charge in [-0.3, -0.25) is 10.00 Å². The average molecular weight is 341 g/mol. The Morgan fingerprint density at radius 1 is 1.21 bits per heavy atom. The molecular weight excluding hydrogens is 323 g/mol. The first-order valence-electron chi connectivity index (χ1n) is 8.16. The van der Waals surface area contributed by atoms with Crippen LogP contribution in [0.4, 0.5) is 13.2 Å². The van der Waals surface area contributed by atoms with Crippen molar-refractivity contribution in [2.75, 3.05) is 13.1 Å². The Balaban J connectivity index is 1.40. The van der Waals surface area contributed by atoms with E-state index in [9.17, 15) is 13.2 Å². The maximum atomic E-state index is 12.7. The van der Waals surface area contributed by atoms with Gasteiger partial charge in [-0.05, 0) is 38.3 Å². The predicted molar refractivity (Wildman–Crippen MR) is 77.1 cm³/mol. The average Bonchev–Trinajstić information content (AvgIpc) is 3.08. The minimum atomic E-state index is -4.41. The molecule has 1 saturated carbocycles. The summed E-state index contributed by atoms with van der Waals surface area (Å²) in [5.74, 6) is 1.72. The molecular formula is C15H18F3N5O. The molecule has 1 aliphatic carbocycles. The standard InChI is InChI=1S/C15H18F3N5O/c16-15(17,18)12-6-11(19-20-12)10-2-1-5-23(7-10)8-13-21-22-14(24-13)9-3-4-9/h6,9-10H,1-5,7-8H2,(H,19,20)/t10-/m0/s1. The van der Waals surface area contributed by atoms with Gasteiger partial charge >= 0.3 is 6.18 Å². The lowest BCUT2D eigenvalue weighted by molar-refractivity contribution is -0.141. The van der Waals surface area contributed by atoms with E-state index in [0.29, 0.717) is 36.5 Å². The molecule has 1 atom stereocenters. The van der Waals surface area contributed by atoms with E-state index in [1.54, 1.807) is 0 Å². The summed E-state index contributed by atoms with van der Waals surface area (Å²) in [5.41, 5.74) is -0.322. The third kappa shape index (κ3) is 3.31. The van der Waals surface area contributed by atoms with Crippen molar-refractivity contribution in [3.05, 3.63) is 29.2 Å². The molecule has 1 aliphatic heterocycles. The molecule has 6 nitrogen and oxygen atoms in total. The minimum Gasteiger partial charge on any atom is -0.424 e. The molecule has 130 valence electrons. The smallest absolute Gasteiger partial charge is 0.424 e. The normalized spacial score (nSPS) is 22.9. The van der Waals surface area contributed by atoms with Crippen molar-refractivity contribution in [1.82, 2.24) is 25.3 Å². The number of piperidine rings is 1. The van der Waals surface area contributed by atoms with Crippen LogP contribution in [0.15, 0.2) is 10.5 Å². The van der Waals surface area contributed by atoms with Crippen molar-refractivity contribution < 1.29 is 17.6 Å². The van der Waals surface area contributed by atoms with E-state index in [1.807, 2.05) is 0 Å². The summed E-state index contributed by atoms with van der Waals surface area (Å²) >= 11 is 0. The first kappa shape index (κ1) is 15.6. The van der Waals surface area contributed by atoms with Gasteiger partial charge in [-0.15, -0.1) is 10.2 Å². The van der Waals surface area contributed by atoms with Gasteiger partial charge in [-0.1, -0.05) is 0 Å². The third-order valence-corrected chi connectivity index (χ3v) is 4.60. The van der Waals surface area contributed by atoms with Gasteiger partial charge in [0, 0.05) is 24.1 Å². The number of nitrogens with zero attached hydrogens (tertiary/aromatic N) is 4. The molecule has 3 heterocycles. The number of halogens is 3. The number of H-pyrrole nitrogens is 1. The van der Waals surface area contributed by atoms with E-state index in [1.165, 1.54) is 0 Å². The van der Waals surface area contributed by atoms with Gasteiger partial charge in [0.2, 0.25) is 11.8 Å². The quantitative estimate of drug-likeness (QED) is 0.925. The van der Waals surface area contributed by atoms with Crippen LogP contribution in [0, 0.1) is 0 Å². The molecule has 0 unspecified atom stereocenters. The molecule has 1 N–H and O–H groups in total. The van der Waals surface area contributed by atoms with Gasteiger partial charge in [-0.25, -0.2) is 0 Å². The highest BCUT2D eigenvalue weighted by molar-refractivity contribution is 5.16. The number of nitrogens with one attached hydrogen (secondary N) is 1. The monoisotopic (exact) mass is 341 g/mol. The molecule has 0 aromatic carbocycles. The first-order valence-corrected chi connectivity index (χ1v) is 8.16. The minimum absolute atomic E-state index is 0.00757. The SMILES string of the molecule is FC(F)(F)c1cc([C@H]2CCCN(Cc3nnc(C4CC4)o3)C2)[nH]n1. The summed E-state index contributed by atoms with van der Waals surface area (Å²) in [5, 5.41) is 14.1. The largest absolute Gasteiger partial charge is 0.435 e. The fraction of sp³-hybridized carbons (Fsp3) is 0.667. The predicted octanol–water partition coefficient (Wildman–Crippen LogP) is 3.07. The lowest BCUT2D eigenvalue weighted by Crippen LogP contribution is -2.34. The van der Waals surface area contributed by atoms with E-state index >= 15 is 0 Å². The zero-order valence-electron chi connectivity index (χ0n) is 13.0. The van der Waals surface area contributed by atoms with Crippen LogP contribution in [0.2, 0.25) is 0 Å². The van der Waals surface area contributed by atoms with Crippen LogP contribution in [0.25, 0.3) is 0 Å². The van der Waals surface area contributed by atoms with Crippen LogP contribution >= 0.6 is 0 Å². The summed E-state index contributed by atoms with van der Waals surface area (Å²) < 4.78 is 43.7. The van der Waals surface area contributed by atoms with Crippen molar-refractivity contribution >= 4 is 0 Å². The number of aromatic amines is 1. The lowest BCUT2D eigenvalue weighted by atomic mass is 9.94. The summed E-state index contributed by atoms with van der Waals surface area (Å²) in [4.78, 5) is 2.15. The summed E-state index contributed by atoms with van der Waals surface area (Å²) in [6, 6.07) is 1.12. The Morgan fingerprint density at radius 3 is 2.75 bits per heavy atom. The molecule has 0 amide bonds. The highest BCUT2D eigenvalue weighted by atomic mass is 19.4. The van der Waals surface area contributed by atoms with Gasteiger partial charge < -0.3 is 4.42 Å². The van der Waals surface area contributed by atoms with Crippen molar-refractivity contribution in [2.24, 2.45) is 0 Å². The maximum Gasteiger partial charge on any atom is 0.435 e. The summed E-state index contributed by atoms with van der Waals surface area (Å²) in [6.07, 6.45) is -0.447. The van der Waals surface area contributed by atoms with Crippen LogP contribution in [0.1, 0.15) is 60.7 Å². The lowest BCUT2D eigenvalue weighted by Gasteiger charge is -2.31. The van der Waals surface area contributed by atoms with Crippen molar-refractivity contribution in [2.45, 2.75) is 50.2 Å². The number of rotatable bonds is 4. The van der Waals surface area contributed by atoms with Gasteiger partial charge in [0.15, 0.2) is 5.69 Å². The Kier molecular flexibility index (Phi) is 3.82. The Morgan fingerprint density at radius 2 is 2.04 bits per heavy atom. The van der Waals surface area contributed by atoms with E-state index in [0.717, 1.165) is 38.3 Å². The van der Waals surface area contributed by atoms with Gasteiger partial charge in [0.05, 0.1) is 6.54 Å². The molecule has 2 aliphatic rings. The van der Waals surface area contributed by atoms with Gasteiger partial charge in [-0.2, -0.15) is 18.3 Å². The fourth-order valence-corrected chi connectivity index (χ4v) is 3.16. The van der Waals surface area contributed by atoms with Crippen molar-refractivity contribution in [1.29, 1.82) is 0 Å². The van der Waals surface area contributed by atoms with E-state index in [2.05, 4.69) is 25.3 Å². The Hall–Kier alpha value is -1.90. The second-order valence-electron chi connectivity index (χ2n) is 6.59. The van der Waals surface area contributed by atoms with Gasteiger partial charge in [0.1, 0.15) is 0 Å². The summed E-state index contributed by atoms with van der Waals surface area (Å²) in [6.45, 7) is 2.06. The summed E-state index contributed by atoms with van der Waals surface area (Å²) in [7, 11) is 0.